The molecule has 1 aliphatic rings. The molecular weight excluding hydrogens is 240 g/mol. The van der Waals surface area contributed by atoms with Gasteiger partial charge in [0, 0.05) is 19.2 Å². The minimum Gasteiger partial charge on any atom is -0.466 e. The lowest BCUT2D eigenvalue weighted by atomic mass is 10.2. The summed E-state index contributed by atoms with van der Waals surface area (Å²) >= 11 is 0. The molecule has 1 fully saturated rings. The van der Waals surface area contributed by atoms with Crippen molar-refractivity contribution in [2.75, 3.05) is 20.7 Å². The van der Waals surface area contributed by atoms with Crippen molar-refractivity contribution in [1.29, 1.82) is 0 Å². The number of rotatable bonds is 4. The van der Waals surface area contributed by atoms with Crippen molar-refractivity contribution in [2.45, 2.75) is 13.3 Å². The number of methoxy groups -OCH3 is 1. The fourth-order valence-corrected chi connectivity index (χ4v) is 1.48. The van der Waals surface area contributed by atoms with E-state index in [2.05, 4.69) is 4.74 Å². The van der Waals surface area contributed by atoms with Gasteiger partial charge in [0.1, 0.15) is 0 Å². The van der Waals surface area contributed by atoms with Gasteiger partial charge in [-0.25, -0.2) is 9.59 Å². The van der Waals surface area contributed by atoms with Gasteiger partial charge in [0.05, 0.1) is 7.11 Å². The summed E-state index contributed by atoms with van der Waals surface area (Å²) in [6, 6.07) is -0.693. The van der Waals surface area contributed by atoms with Crippen molar-refractivity contribution in [2.24, 2.45) is 0 Å². The highest BCUT2D eigenvalue weighted by atomic mass is 16.5. The minimum atomic E-state index is -0.890. The molecule has 1 saturated heterocycles. The molecule has 1 heterocycles. The van der Waals surface area contributed by atoms with Crippen LogP contribution < -0.4 is 0 Å². The molecule has 7 heteroatoms. The molecule has 0 radical (unpaired) electrons. The van der Waals surface area contributed by atoms with Crippen molar-refractivity contribution < 1.29 is 23.9 Å². The van der Waals surface area contributed by atoms with Crippen LogP contribution in [0.5, 0.6) is 0 Å². The van der Waals surface area contributed by atoms with Crippen LogP contribution in [-0.2, 0) is 19.1 Å². The Labute approximate surface area is 104 Å². The van der Waals surface area contributed by atoms with Crippen molar-refractivity contribution >= 4 is 23.8 Å². The van der Waals surface area contributed by atoms with Crippen LogP contribution in [0.2, 0.25) is 0 Å². The van der Waals surface area contributed by atoms with Crippen molar-refractivity contribution in [3.8, 4) is 0 Å². The maximum Gasteiger partial charge on any atom is 0.334 e. The number of carbonyl (C=O) groups is 4. The lowest BCUT2D eigenvalue weighted by molar-refractivity contribution is -0.142. The van der Waals surface area contributed by atoms with Crippen LogP contribution in [0.4, 0.5) is 4.79 Å². The summed E-state index contributed by atoms with van der Waals surface area (Å²) < 4.78 is 4.54. The van der Waals surface area contributed by atoms with E-state index in [0.717, 1.165) is 9.80 Å². The lowest BCUT2D eigenvalue weighted by Crippen LogP contribution is -2.32. The number of nitrogens with zero attached hydrogens (tertiary/aromatic N) is 2. The highest BCUT2D eigenvalue weighted by Crippen LogP contribution is 2.11. The second-order valence-electron chi connectivity index (χ2n) is 3.64. The summed E-state index contributed by atoms with van der Waals surface area (Å²) in [7, 11) is 2.47. The molecular formula is C11H14N2O5. The first kappa shape index (κ1) is 13.9. The number of hydrogen-bond acceptors (Lipinski definition) is 5. The van der Waals surface area contributed by atoms with Gasteiger partial charge in [-0.3, -0.25) is 19.4 Å². The Morgan fingerprint density at radius 3 is 2.28 bits per heavy atom. The van der Waals surface area contributed by atoms with E-state index < -0.39 is 23.8 Å². The quantitative estimate of drug-likeness (QED) is 0.303. The molecule has 0 spiro atoms. The molecule has 0 saturated carbocycles. The van der Waals surface area contributed by atoms with Crippen LogP contribution in [0, 0.1) is 0 Å². The second-order valence-corrected chi connectivity index (χ2v) is 3.64. The third kappa shape index (κ3) is 2.39. The monoisotopic (exact) mass is 254 g/mol. The molecule has 0 aromatic heterocycles. The maximum atomic E-state index is 11.5. The van der Waals surface area contributed by atoms with Gasteiger partial charge in [0.25, 0.3) is 0 Å². The van der Waals surface area contributed by atoms with Gasteiger partial charge in [0.15, 0.2) is 0 Å². The Morgan fingerprint density at radius 2 is 1.89 bits per heavy atom. The zero-order valence-electron chi connectivity index (χ0n) is 10.4. The summed E-state index contributed by atoms with van der Waals surface area (Å²) in [4.78, 5) is 47.0. The Bertz CT molecular complexity index is 441. The molecule has 18 heavy (non-hydrogen) atoms. The summed E-state index contributed by atoms with van der Waals surface area (Å²) in [6.07, 6.45) is 1.82. The highest BCUT2D eigenvalue weighted by Gasteiger charge is 2.41. The fourth-order valence-electron chi connectivity index (χ4n) is 1.48. The van der Waals surface area contributed by atoms with Gasteiger partial charge in [-0.1, -0.05) is 13.0 Å². The van der Waals surface area contributed by atoms with Gasteiger partial charge in [-0.05, 0) is 6.42 Å². The standard InChI is InChI=1S/C11H14N2O5/c1-4-7(10(16)18-3)5-6-13-9(15)8(14)12(2)11(13)17/h5H,4,6H2,1-3H3. The predicted octanol–water partition coefficient (Wildman–Crippen LogP) is -0.0836. The molecule has 0 unspecified atom stereocenters. The number of amides is 4. The lowest BCUT2D eigenvalue weighted by Gasteiger charge is -2.10. The van der Waals surface area contributed by atoms with Gasteiger partial charge in [-0.2, -0.15) is 0 Å². The smallest absolute Gasteiger partial charge is 0.334 e. The first-order chi connectivity index (χ1) is 8.43. The number of likely N-dealkylation sites (N-methyl/N-ethyl adjacent to an activating group) is 1. The van der Waals surface area contributed by atoms with Crippen molar-refractivity contribution in [3.05, 3.63) is 11.6 Å². The number of ether oxygens (including phenoxy) is 1. The number of urea groups is 1. The molecule has 1 aliphatic heterocycles. The zero-order valence-corrected chi connectivity index (χ0v) is 10.4. The first-order valence-corrected chi connectivity index (χ1v) is 5.34. The molecule has 4 amide bonds. The molecule has 0 N–H and O–H groups in total. The molecule has 0 aromatic carbocycles. The summed E-state index contributed by atoms with van der Waals surface area (Å²) in [5.74, 6) is -2.28. The van der Waals surface area contributed by atoms with Crippen LogP contribution in [0.25, 0.3) is 0 Å². The first-order valence-electron chi connectivity index (χ1n) is 5.34. The van der Waals surface area contributed by atoms with Crippen LogP contribution >= 0.6 is 0 Å². The van der Waals surface area contributed by atoms with Crippen LogP contribution in [0.15, 0.2) is 11.6 Å². The Morgan fingerprint density at radius 1 is 1.28 bits per heavy atom. The van der Waals surface area contributed by atoms with Crippen molar-refractivity contribution in [1.82, 2.24) is 9.80 Å². The normalized spacial score (nSPS) is 16.6. The van der Waals surface area contributed by atoms with E-state index in [-0.39, 0.29) is 6.54 Å². The maximum absolute atomic E-state index is 11.5. The van der Waals surface area contributed by atoms with E-state index in [1.54, 1.807) is 6.92 Å². The van der Waals surface area contributed by atoms with Crippen LogP contribution in [0.3, 0.4) is 0 Å². The number of imide groups is 2. The van der Waals surface area contributed by atoms with Gasteiger partial charge in [0.2, 0.25) is 0 Å². The van der Waals surface area contributed by atoms with Crippen LogP contribution in [0.1, 0.15) is 13.3 Å². The Kier molecular flexibility index (Phi) is 4.19. The SMILES string of the molecule is CCC(=CCN1C(=O)C(=O)N(C)C1=O)C(=O)OC. The third-order valence-corrected chi connectivity index (χ3v) is 2.60. The summed E-state index contributed by atoms with van der Waals surface area (Å²) in [5.41, 5.74) is 0.347. The minimum absolute atomic E-state index is 0.119. The second kappa shape index (κ2) is 5.44. The summed E-state index contributed by atoms with van der Waals surface area (Å²) in [6.45, 7) is 1.62. The number of carbonyl (C=O) groups excluding carboxylic acids is 4. The molecule has 0 aliphatic carbocycles. The Balaban J connectivity index is 2.83. The molecule has 0 aromatic rings. The molecule has 0 bridgehead atoms. The fraction of sp³-hybridized carbons (Fsp3) is 0.455. The number of hydrogen-bond donors (Lipinski definition) is 0. The van der Waals surface area contributed by atoms with Crippen molar-refractivity contribution in [3.63, 3.8) is 0 Å². The largest absolute Gasteiger partial charge is 0.466 e. The van der Waals surface area contributed by atoms with E-state index in [1.165, 1.54) is 20.2 Å². The molecule has 0 atom stereocenters. The molecule has 7 nitrogen and oxygen atoms in total. The van der Waals surface area contributed by atoms with Gasteiger partial charge < -0.3 is 4.74 Å². The molecule has 98 valence electrons. The average molecular weight is 254 g/mol. The van der Waals surface area contributed by atoms with E-state index in [4.69, 9.17) is 0 Å². The van der Waals surface area contributed by atoms with Crippen LogP contribution in [-0.4, -0.2) is 54.3 Å². The van der Waals surface area contributed by atoms with E-state index in [0.29, 0.717) is 12.0 Å². The zero-order chi connectivity index (χ0) is 13.9. The topological polar surface area (TPSA) is 84.0 Å². The summed E-state index contributed by atoms with van der Waals surface area (Å²) in [5, 5.41) is 0. The van der Waals surface area contributed by atoms with E-state index in [1.807, 2.05) is 0 Å². The van der Waals surface area contributed by atoms with E-state index >= 15 is 0 Å². The predicted molar refractivity (Wildman–Crippen MR) is 60.3 cm³/mol. The van der Waals surface area contributed by atoms with E-state index in [9.17, 15) is 19.2 Å². The molecule has 1 rings (SSSR count). The van der Waals surface area contributed by atoms with Gasteiger partial charge in [-0.15, -0.1) is 0 Å². The number of esters is 1. The third-order valence-electron chi connectivity index (χ3n) is 2.60. The van der Waals surface area contributed by atoms with Gasteiger partial charge >= 0.3 is 23.8 Å². The highest BCUT2D eigenvalue weighted by molar-refractivity contribution is 6.44. The average Bonchev–Trinajstić information content (AvgIpc) is 2.56. The Hall–Kier alpha value is -2.18.